The van der Waals surface area contributed by atoms with Crippen molar-refractivity contribution in [1.82, 2.24) is 0 Å². The Labute approximate surface area is 392 Å². The predicted molar refractivity (Wildman–Crippen MR) is 296 cm³/mol. The molecule has 2 aliphatic rings. The molecular weight excluding hydrogens is 951 g/mol. The third kappa shape index (κ3) is 9.15. The summed E-state index contributed by atoms with van der Waals surface area (Å²) in [6.45, 7) is 44.6. The monoisotopic (exact) mass is 1030 g/mol. The summed E-state index contributed by atoms with van der Waals surface area (Å²) in [6, 6.07) is 25.5. The first kappa shape index (κ1) is 50.3. The van der Waals surface area contributed by atoms with Crippen molar-refractivity contribution in [2.45, 2.75) is 165 Å². The van der Waals surface area contributed by atoms with E-state index in [-0.39, 0.29) is 7.25 Å². The van der Waals surface area contributed by atoms with Gasteiger partial charge in [-0.3, -0.25) is 0 Å². The van der Waals surface area contributed by atoms with Gasteiger partial charge in [0.2, 0.25) is 0 Å². The van der Waals surface area contributed by atoms with Gasteiger partial charge in [0.05, 0.1) is 0 Å². The molecule has 0 saturated heterocycles. The molecule has 0 aliphatic heterocycles. The summed E-state index contributed by atoms with van der Waals surface area (Å²) in [7, 11) is 11.7. The number of allylic oxidation sites excluding steroid dienone is 2. The second-order valence-electron chi connectivity index (χ2n) is 23.7. The van der Waals surface area contributed by atoms with Gasteiger partial charge in [0.25, 0.3) is 0 Å². The molecule has 0 radical (unpaired) electrons. The average molecular weight is 1030 g/mol. The summed E-state index contributed by atoms with van der Waals surface area (Å²) < 4.78 is 0.187. The SMILES string of the molecule is CCCc1ccc2c(c1-c1cc([Si](C)(C)C)cc([Si](C)(C)C)c1)C=C(CC)[CH]2[Zr]([Cl])([Cl])([CH]1C(CC)=Cc2c1ccc(CCC)c2-c1cc([Si](C)(C)C)cc([Si](C)(C)C)c1)[SiH](C)C. The molecule has 2 unspecified atom stereocenters. The van der Waals surface area contributed by atoms with Crippen LogP contribution in [-0.2, 0) is 28.4 Å². The molecule has 8 heteroatoms. The predicted octanol–water partition coefficient (Wildman–Crippen LogP) is 15.5. The van der Waals surface area contributed by atoms with Gasteiger partial charge in [0, 0.05) is 0 Å². The quantitative estimate of drug-likeness (QED) is 0.104. The molecule has 2 atom stereocenters. The number of aryl methyl sites for hydroxylation is 2. The molecule has 0 saturated carbocycles. The second kappa shape index (κ2) is 17.9. The summed E-state index contributed by atoms with van der Waals surface area (Å²) in [4.78, 5) is 0. The van der Waals surface area contributed by atoms with E-state index in [4.69, 9.17) is 17.0 Å². The van der Waals surface area contributed by atoms with E-state index in [2.05, 4.69) is 192 Å². The third-order valence-electron chi connectivity index (χ3n) is 14.7. The molecule has 0 aromatic heterocycles. The molecule has 4 aromatic carbocycles. The number of rotatable bonds is 15. The van der Waals surface area contributed by atoms with Crippen LogP contribution >= 0.6 is 17.0 Å². The van der Waals surface area contributed by atoms with Crippen LogP contribution < -0.4 is 20.7 Å². The van der Waals surface area contributed by atoms with Crippen LogP contribution in [0.2, 0.25) is 91.7 Å². The van der Waals surface area contributed by atoms with Crippen molar-refractivity contribution in [2.24, 2.45) is 0 Å². The van der Waals surface area contributed by atoms with E-state index >= 15 is 0 Å². The number of fused-ring (bicyclic) bond motifs is 2. The summed E-state index contributed by atoms with van der Waals surface area (Å²) in [5.74, 6) is -1.72. The first-order valence-corrected chi connectivity index (χ1v) is 54.5. The molecule has 4 aromatic rings. The minimum atomic E-state index is -5.01. The van der Waals surface area contributed by atoms with Gasteiger partial charge in [0.15, 0.2) is 0 Å². The first-order chi connectivity index (χ1) is 28.6. The number of benzene rings is 4. The second-order valence-corrected chi connectivity index (χ2v) is 86.5. The van der Waals surface area contributed by atoms with E-state index in [1.807, 2.05) is 0 Å². The van der Waals surface area contributed by atoms with Gasteiger partial charge in [-0.2, -0.15) is 0 Å². The number of hydrogen-bond donors (Lipinski definition) is 0. The van der Waals surface area contributed by atoms with Crippen LogP contribution in [0.15, 0.2) is 71.8 Å². The zero-order valence-electron chi connectivity index (χ0n) is 42.2. The fourth-order valence-electron chi connectivity index (χ4n) is 10.8. The molecule has 0 nitrogen and oxygen atoms in total. The average Bonchev–Trinajstić information content (AvgIpc) is 3.76. The van der Waals surface area contributed by atoms with Crippen LogP contribution in [0.25, 0.3) is 34.4 Å². The van der Waals surface area contributed by atoms with Crippen LogP contribution in [0.3, 0.4) is 0 Å². The topological polar surface area (TPSA) is 0 Å². The van der Waals surface area contributed by atoms with Crippen LogP contribution in [0.4, 0.5) is 0 Å². The van der Waals surface area contributed by atoms with Crippen molar-refractivity contribution in [1.29, 1.82) is 0 Å². The van der Waals surface area contributed by atoms with E-state index < -0.39 is 53.8 Å². The molecule has 0 fully saturated rings. The molecular formula is C54H81Cl2Si5Zr. The Kier molecular flexibility index (Phi) is 14.5. The molecule has 6 rings (SSSR count). The van der Waals surface area contributed by atoms with E-state index in [9.17, 15) is 0 Å². The first-order valence-electron chi connectivity index (χ1n) is 24.2. The van der Waals surface area contributed by atoms with Gasteiger partial charge in [0.1, 0.15) is 0 Å². The molecule has 0 amide bonds. The van der Waals surface area contributed by atoms with Crippen LogP contribution in [0, 0.1) is 0 Å². The zero-order valence-corrected chi connectivity index (χ0v) is 51.3. The summed E-state index contributed by atoms with van der Waals surface area (Å²) in [6.07, 6.45) is 11.5. The van der Waals surface area contributed by atoms with Crippen molar-refractivity contribution in [3.63, 3.8) is 0 Å². The fraction of sp³-hybridized carbons (Fsp3) is 0.481. The Morgan fingerprint density at radius 3 is 1.03 bits per heavy atom. The molecule has 0 spiro atoms. The fourth-order valence-corrected chi connectivity index (χ4v) is 47.6. The normalized spacial score (nSPS) is 17.8. The van der Waals surface area contributed by atoms with Gasteiger partial charge in [-0.05, 0) is 0 Å². The van der Waals surface area contributed by atoms with Gasteiger partial charge in [-0.1, -0.05) is 0 Å². The maximum absolute atomic E-state index is 9.06. The number of halogens is 2. The van der Waals surface area contributed by atoms with Crippen molar-refractivity contribution in [2.75, 3.05) is 0 Å². The zero-order chi connectivity index (χ0) is 46.1. The minimum absolute atomic E-state index is 0.0934. The third-order valence-corrected chi connectivity index (χ3v) is 74.7. The maximum atomic E-state index is 9.06. The van der Waals surface area contributed by atoms with Gasteiger partial charge in [-0.15, -0.1) is 0 Å². The van der Waals surface area contributed by atoms with Gasteiger partial charge in [-0.25, -0.2) is 0 Å². The Morgan fingerprint density at radius 2 is 0.790 bits per heavy atom. The van der Waals surface area contributed by atoms with Crippen LogP contribution in [-0.4, -0.2) is 38.2 Å². The van der Waals surface area contributed by atoms with Crippen LogP contribution in [0.1, 0.15) is 94.0 Å². The van der Waals surface area contributed by atoms with E-state index in [1.54, 1.807) is 20.7 Å². The Morgan fingerprint density at radius 1 is 0.484 bits per heavy atom. The van der Waals surface area contributed by atoms with Crippen molar-refractivity contribution < 1.29 is 15.6 Å². The van der Waals surface area contributed by atoms with Crippen molar-refractivity contribution >= 4 is 88.1 Å². The summed E-state index contributed by atoms with van der Waals surface area (Å²) in [5, 5.41) is 6.28. The van der Waals surface area contributed by atoms with E-state index in [0.717, 1.165) is 38.5 Å². The summed E-state index contributed by atoms with van der Waals surface area (Å²) >= 11 is -5.01. The molecule has 62 heavy (non-hydrogen) atoms. The molecule has 0 heterocycles. The Bertz CT molecular complexity index is 2200. The standard InChI is InChI=1S/2C26H37Si2.C2H7Si.2ClH.Zr/c2*1-9-11-20-12-13-21-14-19(10-2)15-25(21)26(20)22-16-23(27(3,4)5)18-24(17-22)28(6,7)8;1-3-2;;;/h2*12-18H,9-11H2,1-8H3;3H,1-2H3;2*1H;/q;;;;;+2/p-2. The molecule has 0 N–H and O–H groups in total. The van der Waals surface area contributed by atoms with Gasteiger partial charge >= 0.3 is 396 Å². The van der Waals surface area contributed by atoms with Gasteiger partial charge < -0.3 is 0 Å². The summed E-state index contributed by atoms with van der Waals surface area (Å²) in [5.41, 5.74) is 17.4. The number of hydrogen-bond acceptors (Lipinski definition) is 0. The Hall–Kier alpha value is -1.09. The van der Waals surface area contributed by atoms with E-state index in [0.29, 0.717) is 0 Å². The Balaban J connectivity index is 1.67. The van der Waals surface area contributed by atoms with Crippen molar-refractivity contribution in [3.8, 4) is 22.3 Å². The van der Waals surface area contributed by atoms with E-state index in [1.165, 1.54) is 66.8 Å². The molecule has 0 bridgehead atoms. The van der Waals surface area contributed by atoms with Crippen LogP contribution in [0.5, 0.6) is 0 Å². The van der Waals surface area contributed by atoms with Crippen molar-refractivity contribution in [3.05, 3.63) is 105 Å². The molecule has 2 aliphatic carbocycles. The molecule has 335 valence electrons.